The molecule has 1 aliphatic carbocycles. The Morgan fingerprint density at radius 1 is 1.26 bits per heavy atom. The van der Waals surface area contributed by atoms with Gasteiger partial charge in [-0.2, -0.15) is 0 Å². The first-order valence-electron chi connectivity index (χ1n) is 6.56. The van der Waals surface area contributed by atoms with Crippen molar-refractivity contribution in [3.63, 3.8) is 0 Å². The minimum atomic E-state index is -0.531. The minimum absolute atomic E-state index is 0.0984. The molecule has 1 fully saturated rings. The first-order chi connectivity index (χ1) is 8.73. The molecule has 0 aliphatic heterocycles. The van der Waals surface area contributed by atoms with E-state index in [2.05, 4.69) is 5.32 Å². The standard InChI is InChI=1S/C13H24N2O4/c1-13(2,3)19-12(17)15-8-5-6-10(14)9(7-8)11(16)18-4/h8-10H,5-7,14H2,1-4H3,(H,15,17)/t8-,9-,10+/m1/s1. The Kier molecular flexibility index (Phi) is 5.17. The van der Waals surface area contributed by atoms with E-state index in [-0.39, 0.29) is 24.0 Å². The van der Waals surface area contributed by atoms with Crippen LogP contribution in [0.2, 0.25) is 0 Å². The summed E-state index contributed by atoms with van der Waals surface area (Å²) >= 11 is 0. The monoisotopic (exact) mass is 272 g/mol. The molecule has 6 nitrogen and oxygen atoms in total. The summed E-state index contributed by atoms with van der Waals surface area (Å²) in [4.78, 5) is 23.3. The van der Waals surface area contributed by atoms with E-state index in [0.29, 0.717) is 12.8 Å². The zero-order valence-electron chi connectivity index (χ0n) is 12.1. The van der Waals surface area contributed by atoms with E-state index in [4.69, 9.17) is 15.2 Å². The zero-order valence-corrected chi connectivity index (χ0v) is 12.1. The van der Waals surface area contributed by atoms with Crippen molar-refractivity contribution in [3.05, 3.63) is 0 Å². The maximum absolute atomic E-state index is 11.7. The second-order valence-electron chi connectivity index (χ2n) is 5.95. The summed E-state index contributed by atoms with van der Waals surface area (Å²) in [6, 6.07) is -0.303. The molecule has 0 radical (unpaired) electrons. The number of carbonyl (C=O) groups excluding carboxylic acids is 2. The van der Waals surface area contributed by atoms with Crippen LogP contribution in [0.3, 0.4) is 0 Å². The number of esters is 1. The van der Waals surface area contributed by atoms with Crippen molar-refractivity contribution < 1.29 is 19.1 Å². The van der Waals surface area contributed by atoms with Crippen LogP contribution in [-0.2, 0) is 14.3 Å². The summed E-state index contributed by atoms with van der Waals surface area (Å²) in [5, 5.41) is 2.78. The van der Waals surface area contributed by atoms with Crippen molar-refractivity contribution in [2.24, 2.45) is 11.7 Å². The Labute approximate surface area is 114 Å². The summed E-state index contributed by atoms with van der Waals surface area (Å²) in [7, 11) is 1.35. The van der Waals surface area contributed by atoms with Gasteiger partial charge in [-0.3, -0.25) is 4.79 Å². The Morgan fingerprint density at radius 3 is 2.42 bits per heavy atom. The third-order valence-corrected chi connectivity index (χ3v) is 3.13. The minimum Gasteiger partial charge on any atom is -0.469 e. The van der Waals surface area contributed by atoms with Crippen LogP contribution in [0.4, 0.5) is 4.79 Å². The van der Waals surface area contributed by atoms with Crippen LogP contribution in [0.1, 0.15) is 40.0 Å². The lowest BCUT2D eigenvalue weighted by Crippen LogP contribution is -2.49. The van der Waals surface area contributed by atoms with E-state index in [0.717, 1.165) is 6.42 Å². The number of rotatable bonds is 2. The number of methoxy groups -OCH3 is 1. The summed E-state index contributed by atoms with van der Waals surface area (Å²) < 4.78 is 9.92. The van der Waals surface area contributed by atoms with Gasteiger partial charge in [-0.15, -0.1) is 0 Å². The Balaban J connectivity index is 2.52. The lowest BCUT2D eigenvalue weighted by Gasteiger charge is -2.33. The Bertz CT molecular complexity index is 338. The highest BCUT2D eigenvalue weighted by molar-refractivity contribution is 5.73. The third kappa shape index (κ3) is 5.06. The number of hydrogen-bond donors (Lipinski definition) is 2. The highest BCUT2D eigenvalue weighted by atomic mass is 16.6. The number of ether oxygens (including phenoxy) is 2. The van der Waals surface area contributed by atoms with E-state index < -0.39 is 11.7 Å². The molecule has 0 heterocycles. The maximum atomic E-state index is 11.7. The van der Waals surface area contributed by atoms with Gasteiger partial charge in [-0.25, -0.2) is 4.79 Å². The van der Waals surface area contributed by atoms with Gasteiger partial charge < -0.3 is 20.5 Å². The predicted molar refractivity (Wildman–Crippen MR) is 70.5 cm³/mol. The number of nitrogens with one attached hydrogen (secondary N) is 1. The van der Waals surface area contributed by atoms with Gasteiger partial charge in [-0.1, -0.05) is 0 Å². The molecule has 0 bridgehead atoms. The summed E-state index contributed by atoms with van der Waals surface area (Å²) in [5.74, 6) is -0.679. The summed E-state index contributed by atoms with van der Waals surface area (Å²) in [6.07, 6.45) is 1.46. The smallest absolute Gasteiger partial charge is 0.407 e. The fraction of sp³-hybridized carbons (Fsp3) is 0.846. The fourth-order valence-electron chi connectivity index (χ4n) is 2.22. The lowest BCUT2D eigenvalue weighted by atomic mass is 9.82. The summed E-state index contributed by atoms with van der Waals surface area (Å²) in [5.41, 5.74) is 5.37. The first kappa shape index (κ1) is 15.8. The SMILES string of the molecule is COC(=O)[C@@H]1C[C@H](NC(=O)OC(C)(C)C)CC[C@@H]1N. The summed E-state index contributed by atoms with van der Waals surface area (Å²) in [6.45, 7) is 5.42. The van der Waals surface area contributed by atoms with E-state index in [1.54, 1.807) is 20.8 Å². The van der Waals surface area contributed by atoms with Crippen molar-refractivity contribution in [2.75, 3.05) is 7.11 Å². The van der Waals surface area contributed by atoms with Crippen LogP contribution in [0.15, 0.2) is 0 Å². The highest BCUT2D eigenvalue weighted by Crippen LogP contribution is 2.25. The molecule has 19 heavy (non-hydrogen) atoms. The van der Waals surface area contributed by atoms with Crippen molar-refractivity contribution >= 4 is 12.1 Å². The normalized spacial score (nSPS) is 27.5. The molecule has 1 rings (SSSR count). The van der Waals surface area contributed by atoms with Crippen LogP contribution in [0.5, 0.6) is 0 Å². The predicted octanol–water partition coefficient (Wildman–Crippen LogP) is 1.18. The van der Waals surface area contributed by atoms with Crippen molar-refractivity contribution in [1.82, 2.24) is 5.32 Å². The average Bonchev–Trinajstić information content (AvgIpc) is 2.28. The van der Waals surface area contributed by atoms with Gasteiger partial charge in [0.2, 0.25) is 0 Å². The van der Waals surface area contributed by atoms with Gasteiger partial charge in [0.25, 0.3) is 0 Å². The number of amides is 1. The van der Waals surface area contributed by atoms with Crippen LogP contribution >= 0.6 is 0 Å². The van der Waals surface area contributed by atoms with Crippen molar-refractivity contribution in [2.45, 2.75) is 57.7 Å². The lowest BCUT2D eigenvalue weighted by molar-refractivity contribution is -0.147. The largest absolute Gasteiger partial charge is 0.469 e. The molecule has 0 saturated heterocycles. The molecule has 3 N–H and O–H groups in total. The first-order valence-corrected chi connectivity index (χ1v) is 6.56. The number of alkyl carbamates (subject to hydrolysis) is 1. The molecule has 1 aliphatic rings. The second-order valence-corrected chi connectivity index (χ2v) is 5.95. The number of carbonyl (C=O) groups is 2. The number of nitrogens with two attached hydrogens (primary N) is 1. The molecule has 0 spiro atoms. The molecular formula is C13H24N2O4. The molecule has 1 amide bonds. The molecule has 110 valence electrons. The van der Waals surface area contributed by atoms with Crippen LogP contribution in [-0.4, -0.2) is 36.9 Å². The van der Waals surface area contributed by atoms with Gasteiger partial charge >= 0.3 is 12.1 Å². The van der Waals surface area contributed by atoms with Crippen LogP contribution < -0.4 is 11.1 Å². The van der Waals surface area contributed by atoms with E-state index in [1.165, 1.54) is 7.11 Å². The van der Waals surface area contributed by atoms with Crippen molar-refractivity contribution in [1.29, 1.82) is 0 Å². The topological polar surface area (TPSA) is 90.6 Å². The Hall–Kier alpha value is -1.30. The van der Waals surface area contributed by atoms with Gasteiger partial charge in [0, 0.05) is 12.1 Å². The molecule has 0 aromatic heterocycles. The average molecular weight is 272 g/mol. The van der Waals surface area contributed by atoms with Gasteiger partial charge in [-0.05, 0) is 40.0 Å². The van der Waals surface area contributed by atoms with E-state index in [1.807, 2.05) is 0 Å². The van der Waals surface area contributed by atoms with E-state index in [9.17, 15) is 9.59 Å². The fourth-order valence-corrected chi connectivity index (χ4v) is 2.22. The Morgan fingerprint density at radius 2 is 1.89 bits per heavy atom. The molecule has 0 aromatic rings. The van der Waals surface area contributed by atoms with Crippen LogP contribution in [0.25, 0.3) is 0 Å². The number of hydrogen-bond acceptors (Lipinski definition) is 5. The molecule has 6 heteroatoms. The van der Waals surface area contributed by atoms with E-state index >= 15 is 0 Å². The van der Waals surface area contributed by atoms with Gasteiger partial charge in [0.05, 0.1) is 13.0 Å². The maximum Gasteiger partial charge on any atom is 0.407 e. The van der Waals surface area contributed by atoms with Gasteiger partial charge in [0.1, 0.15) is 5.60 Å². The van der Waals surface area contributed by atoms with Crippen LogP contribution in [0, 0.1) is 5.92 Å². The zero-order chi connectivity index (χ0) is 14.6. The molecule has 0 unspecified atom stereocenters. The molecule has 0 aromatic carbocycles. The molecular weight excluding hydrogens is 248 g/mol. The van der Waals surface area contributed by atoms with Crippen molar-refractivity contribution in [3.8, 4) is 0 Å². The molecule has 3 atom stereocenters. The second kappa shape index (κ2) is 6.23. The highest BCUT2D eigenvalue weighted by Gasteiger charge is 2.35. The molecule has 1 saturated carbocycles. The van der Waals surface area contributed by atoms with Gasteiger partial charge in [0.15, 0.2) is 0 Å². The third-order valence-electron chi connectivity index (χ3n) is 3.13. The quantitative estimate of drug-likeness (QED) is 0.737.